The molecule has 0 aliphatic rings. The van der Waals surface area contributed by atoms with Crippen molar-refractivity contribution in [1.29, 1.82) is 0 Å². The number of aromatic nitrogens is 2. The van der Waals surface area contributed by atoms with Gasteiger partial charge in [0.25, 0.3) is 5.91 Å². The quantitative estimate of drug-likeness (QED) is 0.866. The third-order valence-electron chi connectivity index (χ3n) is 3.60. The van der Waals surface area contributed by atoms with Gasteiger partial charge in [-0.3, -0.25) is 4.79 Å². The second-order valence-electron chi connectivity index (χ2n) is 6.89. The number of amides is 1. The first-order chi connectivity index (χ1) is 11.3. The van der Waals surface area contributed by atoms with Crippen molar-refractivity contribution in [3.8, 4) is 0 Å². The standard InChI is InChI=1S/C19H26N4O/c1-6-11-20-18-21-13(2)12-16(23-18)17(24)22-15-10-8-7-9-14(15)19(3,4)5/h7-10,12H,6,11H2,1-5H3,(H,22,24)(H,20,21,23). The van der Waals surface area contributed by atoms with E-state index in [1.54, 1.807) is 6.07 Å². The number of anilines is 2. The Hall–Kier alpha value is -2.43. The van der Waals surface area contributed by atoms with Crippen molar-refractivity contribution in [3.05, 3.63) is 47.3 Å². The van der Waals surface area contributed by atoms with Crippen LogP contribution in [0, 0.1) is 6.92 Å². The molecule has 24 heavy (non-hydrogen) atoms. The highest BCUT2D eigenvalue weighted by atomic mass is 16.1. The molecule has 2 N–H and O–H groups in total. The molecule has 0 aliphatic carbocycles. The molecule has 0 bridgehead atoms. The van der Waals surface area contributed by atoms with Crippen LogP contribution in [0.25, 0.3) is 0 Å². The van der Waals surface area contributed by atoms with Crippen LogP contribution in [0.4, 0.5) is 11.6 Å². The van der Waals surface area contributed by atoms with Crippen LogP contribution in [0.3, 0.4) is 0 Å². The number of hydrogen-bond acceptors (Lipinski definition) is 4. The SMILES string of the molecule is CCCNc1nc(C)cc(C(=O)Nc2ccccc2C(C)(C)C)n1. The highest BCUT2D eigenvalue weighted by molar-refractivity contribution is 6.03. The molecule has 0 atom stereocenters. The number of aryl methyl sites for hydroxylation is 1. The van der Waals surface area contributed by atoms with Gasteiger partial charge in [0, 0.05) is 17.9 Å². The lowest BCUT2D eigenvalue weighted by Gasteiger charge is -2.23. The summed E-state index contributed by atoms with van der Waals surface area (Å²) >= 11 is 0. The Labute approximate surface area is 143 Å². The number of carbonyl (C=O) groups is 1. The summed E-state index contributed by atoms with van der Waals surface area (Å²) in [6.07, 6.45) is 0.970. The van der Waals surface area contributed by atoms with E-state index in [4.69, 9.17) is 0 Å². The van der Waals surface area contributed by atoms with Crippen molar-refractivity contribution in [3.63, 3.8) is 0 Å². The van der Waals surface area contributed by atoms with Crippen LogP contribution in [0.15, 0.2) is 30.3 Å². The summed E-state index contributed by atoms with van der Waals surface area (Å²) in [7, 11) is 0. The van der Waals surface area contributed by atoms with Gasteiger partial charge in [-0.15, -0.1) is 0 Å². The fourth-order valence-corrected chi connectivity index (χ4v) is 2.43. The van der Waals surface area contributed by atoms with Gasteiger partial charge in [-0.05, 0) is 36.5 Å². The van der Waals surface area contributed by atoms with Crippen molar-refractivity contribution >= 4 is 17.5 Å². The summed E-state index contributed by atoms with van der Waals surface area (Å²) in [5.41, 5.74) is 2.98. The molecule has 0 fully saturated rings. The van der Waals surface area contributed by atoms with Gasteiger partial charge in [0.2, 0.25) is 5.95 Å². The minimum absolute atomic E-state index is 0.0562. The monoisotopic (exact) mass is 326 g/mol. The Bertz CT molecular complexity index is 720. The Morgan fingerprint density at radius 2 is 1.88 bits per heavy atom. The first-order valence-corrected chi connectivity index (χ1v) is 8.31. The minimum Gasteiger partial charge on any atom is -0.354 e. The molecule has 0 aliphatic heterocycles. The van der Waals surface area contributed by atoms with Crippen molar-refractivity contribution in [2.24, 2.45) is 0 Å². The van der Waals surface area contributed by atoms with E-state index in [1.165, 1.54) is 0 Å². The van der Waals surface area contributed by atoms with Crippen LogP contribution < -0.4 is 10.6 Å². The molecular formula is C19H26N4O. The number of nitrogens with one attached hydrogen (secondary N) is 2. The largest absolute Gasteiger partial charge is 0.354 e. The molecule has 0 saturated carbocycles. The van der Waals surface area contributed by atoms with Crippen molar-refractivity contribution in [2.75, 3.05) is 17.2 Å². The first kappa shape index (κ1) is 17.9. The molecular weight excluding hydrogens is 300 g/mol. The van der Waals surface area contributed by atoms with Gasteiger partial charge < -0.3 is 10.6 Å². The van der Waals surface area contributed by atoms with E-state index in [0.29, 0.717) is 11.6 Å². The summed E-state index contributed by atoms with van der Waals surface area (Å²) < 4.78 is 0. The molecule has 1 heterocycles. The second kappa shape index (κ2) is 7.43. The lowest BCUT2D eigenvalue weighted by atomic mass is 9.86. The molecule has 1 aromatic carbocycles. The van der Waals surface area contributed by atoms with Crippen molar-refractivity contribution < 1.29 is 4.79 Å². The Morgan fingerprint density at radius 1 is 1.17 bits per heavy atom. The van der Waals surface area contributed by atoms with Crippen LogP contribution in [0.1, 0.15) is 55.9 Å². The zero-order valence-corrected chi connectivity index (χ0v) is 15.1. The van der Waals surface area contributed by atoms with Gasteiger partial charge in [-0.1, -0.05) is 45.9 Å². The zero-order chi connectivity index (χ0) is 17.7. The lowest BCUT2D eigenvalue weighted by Crippen LogP contribution is -2.20. The third kappa shape index (κ3) is 4.54. The van der Waals surface area contributed by atoms with E-state index < -0.39 is 0 Å². The average Bonchev–Trinajstić information content (AvgIpc) is 2.52. The topological polar surface area (TPSA) is 66.9 Å². The molecule has 0 spiro atoms. The van der Waals surface area contributed by atoms with E-state index in [0.717, 1.165) is 29.9 Å². The predicted octanol–water partition coefficient (Wildman–Crippen LogP) is 4.16. The highest BCUT2D eigenvalue weighted by Gasteiger charge is 2.19. The summed E-state index contributed by atoms with van der Waals surface area (Å²) in [5, 5.41) is 6.11. The van der Waals surface area contributed by atoms with E-state index in [2.05, 4.69) is 48.3 Å². The molecule has 2 rings (SSSR count). The van der Waals surface area contributed by atoms with Gasteiger partial charge in [0.05, 0.1) is 0 Å². The molecule has 0 radical (unpaired) electrons. The van der Waals surface area contributed by atoms with Crippen molar-refractivity contribution in [2.45, 2.75) is 46.5 Å². The highest BCUT2D eigenvalue weighted by Crippen LogP contribution is 2.29. The molecule has 0 unspecified atom stereocenters. The van der Waals surface area contributed by atoms with Gasteiger partial charge in [0.1, 0.15) is 5.69 Å². The molecule has 2 aromatic rings. The van der Waals surface area contributed by atoms with Gasteiger partial charge >= 0.3 is 0 Å². The lowest BCUT2D eigenvalue weighted by molar-refractivity contribution is 0.102. The van der Waals surface area contributed by atoms with E-state index in [9.17, 15) is 4.79 Å². The number of para-hydroxylation sites is 1. The minimum atomic E-state index is -0.225. The number of benzene rings is 1. The van der Waals surface area contributed by atoms with Crippen LogP contribution in [0.2, 0.25) is 0 Å². The molecule has 1 amide bonds. The molecule has 0 saturated heterocycles. The first-order valence-electron chi connectivity index (χ1n) is 8.31. The molecule has 5 heteroatoms. The van der Waals surface area contributed by atoms with Crippen LogP contribution in [-0.2, 0) is 5.41 Å². The van der Waals surface area contributed by atoms with E-state index >= 15 is 0 Å². The summed E-state index contributed by atoms with van der Waals surface area (Å²) in [6, 6.07) is 9.56. The third-order valence-corrected chi connectivity index (χ3v) is 3.60. The van der Waals surface area contributed by atoms with Gasteiger partial charge in [-0.25, -0.2) is 9.97 Å². The van der Waals surface area contributed by atoms with Crippen LogP contribution >= 0.6 is 0 Å². The van der Waals surface area contributed by atoms with Gasteiger partial charge in [-0.2, -0.15) is 0 Å². The van der Waals surface area contributed by atoms with Crippen LogP contribution in [-0.4, -0.2) is 22.4 Å². The van der Waals surface area contributed by atoms with Crippen molar-refractivity contribution in [1.82, 2.24) is 9.97 Å². The predicted molar refractivity (Wildman–Crippen MR) is 98.6 cm³/mol. The summed E-state index contributed by atoms with van der Waals surface area (Å²) in [4.78, 5) is 21.3. The molecule has 128 valence electrons. The zero-order valence-electron chi connectivity index (χ0n) is 15.1. The normalized spacial score (nSPS) is 11.2. The smallest absolute Gasteiger partial charge is 0.274 e. The summed E-state index contributed by atoms with van der Waals surface area (Å²) in [5.74, 6) is 0.267. The Morgan fingerprint density at radius 3 is 2.54 bits per heavy atom. The Balaban J connectivity index is 2.26. The second-order valence-corrected chi connectivity index (χ2v) is 6.89. The molecule has 1 aromatic heterocycles. The van der Waals surface area contributed by atoms with Crippen LogP contribution in [0.5, 0.6) is 0 Å². The van der Waals surface area contributed by atoms with E-state index in [1.807, 2.05) is 31.2 Å². The van der Waals surface area contributed by atoms with Gasteiger partial charge in [0.15, 0.2) is 0 Å². The fraction of sp³-hybridized carbons (Fsp3) is 0.421. The summed E-state index contributed by atoms with van der Waals surface area (Å²) in [6.45, 7) is 11.1. The molecule has 5 nitrogen and oxygen atoms in total. The number of rotatable bonds is 5. The maximum atomic E-state index is 12.6. The number of hydrogen-bond donors (Lipinski definition) is 2. The maximum Gasteiger partial charge on any atom is 0.274 e. The average molecular weight is 326 g/mol. The maximum absolute atomic E-state index is 12.6. The number of nitrogens with zero attached hydrogens (tertiary/aromatic N) is 2. The number of carbonyl (C=O) groups excluding carboxylic acids is 1. The Kier molecular flexibility index (Phi) is 5.54. The fourth-order valence-electron chi connectivity index (χ4n) is 2.43. The van der Waals surface area contributed by atoms with E-state index in [-0.39, 0.29) is 11.3 Å².